The van der Waals surface area contributed by atoms with Gasteiger partial charge in [0, 0.05) is 0 Å². The third-order valence-corrected chi connectivity index (χ3v) is 2.22. The summed E-state index contributed by atoms with van der Waals surface area (Å²) >= 11 is 0. The minimum Gasteiger partial charge on any atom is -0.481 e. The van der Waals surface area contributed by atoms with Gasteiger partial charge in [-0.15, -0.1) is 0 Å². The first-order chi connectivity index (χ1) is 8.49. The van der Waals surface area contributed by atoms with E-state index in [4.69, 9.17) is 14.3 Å². The number of carboxylic acids is 1. The molecule has 0 aliphatic carbocycles. The maximum atomic E-state index is 13.1. The summed E-state index contributed by atoms with van der Waals surface area (Å²) in [7, 11) is 0. The van der Waals surface area contributed by atoms with Crippen LogP contribution in [0.2, 0.25) is 0 Å². The number of aromatic carboxylic acids is 1. The lowest BCUT2D eigenvalue weighted by molar-refractivity contribution is -0.118. The van der Waals surface area contributed by atoms with E-state index < -0.39 is 17.5 Å². The smallest absolute Gasteiger partial charge is 0.375 e. The van der Waals surface area contributed by atoms with Gasteiger partial charge in [0.15, 0.2) is 11.5 Å². The minimum absolute atomic E-state index is 0.132. The number of hydrogen-bond acceptors (Lipinski definition) is 4. The topological polar surface area (TPSA) is 76.7 Å². The van der Waals surface area contributed by atoms with Crippen LogP contribution >= 0.6 is 0 Å². The van der Waals surface area contributed by atoms with E-state index in [-0.39, 0.29) is 29.1 Å². The van der Waals surface area contributed by atoms with Gasteiger partial charge in [-0.1, -0.05) is 0 Å². The number of carbonyl (C=O) groups excluding carboxylic acids is 1. The van der Waals surface area contributed by atoms with Gasteiger partial charge in [-0.25, -0.2) is 9.18 Å². The Bertz CT molecular complexity index is 629. The van der Waals surface area contributed by atoms with Gasteiger partial charge in [0.2, 0.25) is 0 Å². The van der Waals surface area contributed by atoms with Crippen molar-refractivity contribution in [3.8, 4) is 5.75 Å². The maximum Gasteiger partial charge on any atom is 0.375 e. The average molecular weight is 252 g/mol. The van der Waals surface area contributed by atoms with Crippen molar-refractivity contribution in [3.05, 3.63) is 29.8 Å². The van der Waals surface area contributed by atoms with Crippen LogP contribution in [0.1, 0.15) is 17.5 Å². The fourth-order valence-electron chi connectivity index (χ4n) is 1.51. The second-order valence-electron chi connectivity index (χ2n) is 3.70. The average Bonchev–Trinajstić information content (AvgIpc) is 2.64. The fraction of sp³-hybridized carbons (Fsp3) is 0.167. The van der Waals surface area contributed by atoms with E-state index in [1.165, 1.54) is 13.0 Å². The number of benzene rings is 1. The Morgan fingerprint density at radius 1 is 1.44 bits per heavy atom. The Kier molecular flexibility index (Phi) is 3.01. The molecule has 2 rings (SSSR count). The van der Waals surface area contributed by atoms with Crippen molar-refractivity contribution in [2.45, 2.75) is 6.92 Å². The van der Waals surface area contributed by atoms with Crippen molar-refractivity contribution in [3.63, 3.8) is 0 Å². The number of ketones is 1. The van der Waals surface area contributed by atoms with Crippen LogP contribution < -0.4 is 4.74 Å². The van der Waals surface area contributed by atoms with Gasteiger partial charge in [0.1, 0.15) is 18.0 Å². The molecule has 2 aromatic rings. The molecule has 5 nitrogen and oxygen atoms in total. The monoisotopic (exact) mass is 252 g/mol. The second kappa shape index (κ2) is 4.48. The highest BCUT2D eigenvalue weighted by atomic mass is 19.1. The lowest BCUT2D eigenvalue weighted by atomic mass is 10.2. The van der Waals surface area contributed by atoms with Crippen LogP contribution in [0.25, 0.3) is 11.0 Å². The van der Waals surface area contributed by atoms with Gasteiger partial charge in [0.25, 0.3) is 5.76 Å². The van der Waals surface area contributed by atoms with E-state index in [1.54, 1.807) is 0 Å². The van der Waals surface area contributed by atoms with Crippen molar-refractivity contribution >= 4 is 22.7 Å². The molecule has 0 radical (unpaired) electrons. The molecule has 0 bridgehead atoms. The van der Waals surface area contributed by atoms with E-state index >= 15 is 0 Å². The SMILES string of the molecule is CC(=O)COc1c(C(=O)O)oc2ccc(F)cc12. The Hall–Kier alpha value is -2.37. The number of Topliss-reactive ketones (excluding diaryl/α,β-unsaturated/α-hetero) is 1. The quantitative estimate of drug-likeness (QED) is 0.902. The molecule has 0 fully saturated rings. The van der Waals surface area contributed by atoms with Crippen molar-refractivity contribution in [2.75, 3.05) is 6.61 Å². The van der Waals surface area contributed by atoms with E-state index in [2.05, 4.69) is 0 Å². The van der Waals surface area contributed by atoms with Crippen molar-refractivity contribution in [1.29, 1.82) is 0 Å². The zero-order valence-corrected chi connectivity index (χ0v) is 9.40. The van der Waals surface area contributed by atoms with Crippen LogP contribution in [-0.4, -0.2) is 23.5 Å². The third-order valence-electron chi connectivity index (χ3n) is 2.22. The molecule has 18 heavy (non-hydrogen) atoms. The first-order valence-electron chi connectivity index (χ1n) is 5.06. The van der Waals surface area contributed by atoms with Crippen LogP contribution in [-0.2, 0) is 4.79 Å². The number of ether oxygens (including phenoxy) is 1. The summed E-state index contributed by atoms with van der Waals surface area (Å²) in [4.78, 5) is 21.8. The van der Waals surface area contributed by atoms with Crippen molar-refractivity contribution < 1.29 is 28.2 Å². The first kappa shape index (κ1) is 12.1. The fourth-order valence-corrected chi connectivity index (χ4v) is 1.51. The molecule has 0 saturated heterocycles. The van der Waals surface area contributed by atoms with Crippen molar-refractivity contribution in [2.24, 2.45) is 0 Å². The van der Waals surface area contributed by atoms with Gasteiger partial charge in [-0.05, 0) is 25.1 Å². The minimum atomic E-state index is -1.34. The van der Waals surface area contributed by atoms with Gasteiger partial charge >= 0.3 is 5.97 Å². The molecule has 1 aromatic carbocycles. The summed E-state index contributed by atoms with van der Waals surface area (Å²) in [5.74, 6) is -2.75. The molecule has 1 N–H and O–H groups in total. The molecular weight excluding hydrogens is 243 g/mol. The number of halogens is 1. The molecule has 0 atom stereocenters. The number of furan rings is 1. The highest BCUT2D eigenvalue weighted by Crippen LogP contribution is 2.33. The Morgan fingerprint density at radius 2 is 2.17 bits per heavy atom. The Morgan fingerprint density at radius 3 is 2.78 bits per heavy atom. The van der Waals surface area contributed by atoms with Crippen molar-refractivity contribution in [1.82, 2.24) is 0 Å². The molecule has 0 spiro atoms. The molecule has 0 saturated carbocycles. The molecule has 1 aromatic heterocycles. The molecular formula is C12H9FO5. The largest absolute Gasteiger partial charge is 0.481 e. The number of rotatable bonds is 4. The number of hydrogen-bond donors (Lipinski definition) is 1. The van der Waals surface area contributed by atoms with Gasteiger partial charge in [-0.2, -0.15) is 0 Å². The summed E-state index contributed by atoms with van der Waals surface area (Å²) in [6.45, 7) is 0.995. The van der Waals surface area contributed by atoms with E-state index in [9.17, 15) is 14.0 Å². The number of carboxylic acid groups (broad SMARTS) is 1. The summed E-state index contributed by atoms with van der Waals surface area (Å²) in [6, 6.07) is 3.55. The van der Waals surface area contributed by atoms with Crippen LogP contribution in [0.15, 0.2) is 22.6 Å². The van der Waals surface area contributed by atoms with Crippen LogP contribution in [0.3, 0.4) is 0 Å². The maximum absolute atomic E-state index is 13.1. The zero-order chi connectivity index (χ0) is 13.3. The van der Waals surface area contributed by atoms with Crippen LogP contribution in [0.5, 0.6) is 5.75 Å². The molecule has 0 aliphatic heterocycles. The van der Waals surface area contributed by atoms with Gasteiger partial charge in [0.05, 0.1) is 5.39 Å². The highest BCUT2D eigenvalue weighted by Gasteiger charge is 2.22. The number of fused-ring (bicyclic) bond motifs is 1. The highest BCUT2D eigenvalue weighted by molar-refractivity contribution is 5.98. The molecule has 1 heterocycles. The summed E-state index contributed by atoms with van der Waals surface area (Å²) in [5.41, 5.74) is 0.187. The third kappa shape index (κ3) is 2.17. The summed E-state index contributed by atoms with van der Waals surface area (Å²) in [5, 5.41) is 9.14. The molecule has 94 valence electrons. The predicted molar refractivity (Wildman–Crippen MR) is 59.3 cm³/mol. The predicted octanol–water partition coefficient (Wildman–Crippen LogP) is 2.24. The van der Waals surface area contributed by atoms with E-state index in [0.29, 0.717) is 0 Å². The molecule has 0 amide bonds. The number of carbonyl (C=O) groups is 2. The normalized spacial score (nSPS) is 10.6. The summed E-state index contributed by atoms with van der Waals surface area (Å²) in [6.07, 6.45) is 0. The summed E-state index contributed by atoms with van der Waals surface area (Å²) < 4.78 is 23.2. The molecule has 0 aliphatic rings. The Balaban J connectivity index is 2.57. The lowest BCUT2D eigenvalue weighted by Crippen LogP contribution is -2.08. The van der Waals surface area contributed by atoms with E-state index in [1.807, 2.05) is 0 Å². The standard InChI is InChI=1S/C12H9FO5/c1-6(14)5-17-10-8-4-7(13)2-3-9(8)18-11(10)12(15)16/h2-4H,5H2,1H3,(H,15,16). The van der Waals surface area contributed by atoms with E-state index in [0.717, 1.165) is 12.1 Å². The molecule has 6 heteroatoms. The first-order valence-corrected chi connectivity index (χ1v) is 5.06. The second-order valence-corrected chi connectivity index (χ2v) is 3.70. The molecule has 0 unspecified atom stereocenters. The van der Waals surface area contributed by atoms with Gasteiger partial charge < -0.3 is 14.3 Å². The van der Waals surface area contributed by atoms with Crippen LogP contribution in [0.4, 0.5) is 4.39 Å². The van der Waals surface area contributed by atoms with Gasteiger partial charge in [-0.3, -0.25) is 4.79 Å². The lowest BCUT2D eigenvalue weighted by Gasteiger charge is -2.02. The zero-order valence-electron chi connectivity index (χ0n) is 9.40. The Labute approximate surface area is 101 Å². The van der Waals surface area contributed by atoms with Crippen LogP contribution in [0, 0.1) is 5.82 Å².